The summed E-state index contributed by atoms with van der Waals surface area (Å²) in [7, 11) is 0. The molecule has 1 unspecified atom stereocenters. The van der Waals surface area contributed by atoms with Gasteiger partial charge in [0.2, 0.25) is 0 Å². The molecule has 24 heavy (non-hydrogen) atoms. The number of aryl methyl sites for hydroxylation is 1. The van der Waals surface area contributed by atoms with Crippen molar-refractivity contribution < 1.29 is 19.1 Å². The Kier molecular flexibility index (Phi) is 5.01. The van der Waals surface area contributed by atoms with E-state index in [4.69, 9.17) is 4.42 Å². The van der Waals surface area contributed by atoms with Crippen molar-refractivity contribution in [3.8, 4) is 0 Å². The zero-order valence-electron chi connectivity index (χ0n) is 13.4. The van der Waals surface area contributed by atoms with E-state index in [-0.39, 0.29) is 30.1 Å². The lowest BCUT2D eigenvalue weighted by Crippen LogP contribution is -2.40. The Labute approximate surface area is 144 Å². The first-order valence-electron chi connectivity index (χ1n) is 7.94. The van der Waals surface area contributed by atoms with Gasteiger partial charge in [-0.15, -0.1) is 11.3 Å². The quantitative estimate of drug-likeness (QED) is 0.890. The number of amides is 2. The predicted octanol–water partition coefficient (Wildman–Crippen LogP) is 2.75. The first kappa shape index (κ1) is 16.7. The molecule has 3 rings (SSSR count). The van der Waals surface area contributed by atoms with E-state index in [0.717, 1.165) is 18.4 Å². The average Bonchev–Trinajstić information content (AvgIpc) is 3.24. The molecule has 2 amide bonds. The molecule has 3 heterocycles. The van der Waals surface area contributed by atoms with Gasteiger partial charge in [0.1, 0.15) is 0 Å². The summed E-state index contributed by atoms with van der Waals surface area (Å²) in [6.45, 7) is 3.26. The van der Waals surface area contributed by atoms with E-state index in [9.17, 15) is 14.7 Å². The Morgan fingerprint density at radius 3 is 3.04 bits per heavy atom. The summed E-state index contributed by atoms with van der Waals surface area (Å²) in [4.78, 5) is 27.2. The largest absolute Gasteiger partial charge is 0.459 e. The lowest BCUT2D eigenvalue weighted by molar-refractivity contribution is 0.0624. The molecule has 0 saturated carbocycles. The molecule has 128 valence electrons. The number of aliphatic hydroxyl groups is 1. The second kappa shape index (κ2) is 7.19. The van der Waals surface area contributed by atoms with Crippen molar-refractivity contribution >= 4 is 28.2 Å². The fourth-order valence-corrected chi connectivity index (χ4v) is 3.92. The number of furan rings is 1. The van der Waals surface area contributed by atoms with Gasteiger partial charge in [0, 0.05) is 19.7 Å². The molecule has 6 nitrogen and oxygen atoms in total. The fourth-order valence-electron chi connectivity index (χ4n) is 2.88. The first-order valence-corrected chi connectivity index (χ1v) is 8.75. The third-order valence-corrected chi connectivity index (χ3v) is 5.30. The Morgan fingerprint density at radius 2 is 2.33 bits per heavy atom. The number of nitrogens with zero attached hydrogens (tertiary/aromatic N) is 1. The maximum atomic E-state index is 12.7. The van der Waals surface area contributed by atoms with Gasteiger partial charge in [0.25, 0.3) is 11.8 Å². The lowest BCUT2D eigenvalue weighted by Gasteiger charge is -2.31. The Morgan fingerprint density at radius 1 is 1.50 bits per heavy atom. The minimum atomic E-state index is -0.335. The van der Waals surface area contributed by atoms with E-state index in [1.165, 1.54) is 17.6 Å². The zero-order chi connectivity index (χ0) is 17.1. The molecule has 0 bridgehead atoms. The van der Waals surface area contributed by atoms with E-state index >= 15 is 0 Å². The first-order chi connectivity index (χ1) is 11.6. The van der Waals surface area contributed by atoms with Crippen LogP contribution in [0.25, 0.3) is 0 Å². The highest BCUT2D eigenvalue weighted by Gasteiger charge is 2.26. The number of aliphatic hydroxyl groups excluding tert-OH is 1. The van der Waals surface area contributed by atoms with Crippen molar-refractivity contribution in [3.63, 3.8) is 0 Å². The van der Waals surface area contributed by atoms with E-state index in [0.29, 0.717) is 23.0 Å². The second-order valence-electron chi connectivity index (χ2n) is 6.00. The molecule has 0 aromatic carbocycles. The van der Waals surface area contributed by atoms with Crippen LogP contribution in [-0.2, 0) is 0 Å². The van der Waals surface area contributed by atoms with Crippen molar-refractivity contribution in [1.29, 1.82) is 0 Å². The Balaban J connectivity index is 1.71. The predicted molar refractivity (Wildman–Crippen MR) is 91.4 cm³/mol. The SMILES string of the molecule is Cc1cc(NC(=O)c2ccco2)sc1C(=O)N1CCCC(CO)C1. The summed E-state index contributed by atoms with van der Waals surface area (Å²) < 4.78 is 5.07. The molecule has 2 aromatic rings. The van der Waals surface area contributed by atoms with Gasteiger partial charge in [-0.05, 0) is 49.4 Å². The van der Waals surface area contributed by atoms with Crippen LogP contribution in [-0.4, -0.2) is 41.5 Å². The van der Waals surface area contributed by atoms with Crippen LogP contribution in [0.2, 0.25) is 0 Å². The van der Waals surface area contributed by atoms with Crippen molar-refractivity contribution in [3.05, 3.63) is 40.7 Å². The summed E-state index contributed by atoms with van der Waals surface area (Å²) >= 11 is 1.27. The number of carbonyl (C=O) groups is 2. The maximum Gasteiger partial charge on any atom is 0.291 e. The number of nitrogens with one attached hydrogen (secondary N) is 1. The van der Waals surface area contributed by atoms with Crippen LogP contribution in [0.5, 0.6) is 0 Å². The maximum absolute atomic E-state index is 12.7. The number of hydrogen-bond acceptors (Lipinski definition) is 5. The molecule has 2 aromatic heterocycles. The Hall–Kier alpha value is -2.12. The molecule has 0 aliphatic carbocycles. The standard InChI is InChI=1S/C17H20N2O4S/c1-11-8-14(18-16(21)13-5-3-7-23-13)24-15(11)17(22)19-6-2-4-12(9-19)10-20/h3,5,7-8,12,20H,2,4,6,9-10H2,1H3,(H,18,21). The van der Waals surface area contributed by atoms with Crippen molar-refractivity contribution in [2.24, 2.45) is 5.92 Å². The van der Waals surface area contributed by atoms with Crippen molar-refractivity contribution in [1.82, 2.24) is 4.90 Å². The van der Waals surface area contributed by atoms with Crippen LogP contribution in [0.4, 0.5) is 5.00 Å². The molecule has 7 heteroatoms. The van der Waals surface area contributed by atoms with Gasteiger partial charge in [-0.2, -0.15) is 0 Å². The second-order valence-corrected chi connectivity index (χ2v) is 7.05. The van der Waals surface area contributed by atoms with Gasteiger partial charge in [-0.25, -0.2) is 0 Å². The number of hydrogen-bond donors (Lipinski definition) is 2. The topological polar surface area (TPSA) is 82.8 Å². The van der Waals surface area contributed by atoms with E-state index in [1.807, 2.05) is 6.92 Å². The molecule has 1 saturated heterocycles. The van der Waals surface area contributed by atoms with Crippen LogP contribution in [0, 0.1) is 12.8 Å². The van der Waals surface area contributed by atoms with E-state index < -0.39 is 0 Å². The van der Waals surface area contributed by atoms with Gasteiger partial charge < -0.3 is 19.7 Å². The van der Waals surface area contributed by atoms with E-state index in [1.54, 1.807) is 23.1 Å². The lowest BCUT2D eigenvalue weighted by atomic mass is 9.99. The average molecular weight is 348 g/mol. The highest BCUT2D eigenvalue weighted by molar-refractivity contribution is 7.18. The van der Waals surface area contributed by atoms with Crippen LogP contribution in [0.15, 0.2) is 28.9 Å². The number of thiophene rings is 1. The molecule has 1 atom stereocenters. The highest BCUT2D eigenvalue weighted by atomic mass is 32.1. The molecular weight excluding hydrogens is 328 g/mol. The fraction of sp³-hybridized carbons (Fsp3) is 0.412. The molecule has 2 N–H and O–H groups in total. The van der Waals surface area contributed by atoms with Crippen LogP contribution in [0.1, 0.15) is 38.6 Å². The highest BCUT2D eigenvalue weighted by Crippen LogP contribution is 2.29. The van der Waals surface area contributed by atoms with Crippen LogP contribution in [0.3, 0.4) is 0 Å². The van der Waals surface area contributed by atoms with Gasteiger partial charge in [0.05, 0.1) is 16.1 Å². The third kappa shape index (κ3) is 3.52. The molecule has 1 aliphatic rings. The van der Waals surface area contributed by atoms with Crippen LogP contribution >= 0.6 is 11.3 Å². The normalized spacial score (nSPS) is 17.8. The van der Waals surface area contributed by atoms with E-state index in [2.05, 4.69) is 5.32 Å². The smallest absolute Gasteiger partial charge is 0.291 e. The number of piperidine rings is 1. The molecule has 1 aliphatic heterocycles. The molecule has 0 radical (unpaired) electrons. The third-order valence-electron chi connectivity index (χ3n) is 4.16. The van der Waals surface area contributed by atoms with Crippen molar-refractivity contribution in [2.75, 3.05) is 25.0 Å². The summed E-state index contributed by atoms with van der Waals surface area (Å²) in [6.07, 6.45) is 3.30. The molecule has 0 spiro atoms. The summed E-state index contributed by atoms with van der Waals surface area (Å²) in [6, 6.07) is 5.04. The summed E-state index contributed by atoms with van der Waals surface area (Å²) in [5, 5.41) is 12.7. The number of likely N-dealkylation sites (tertiary alicyclic amines) is 1. The number of rotatable bonds is 4. The van der Waals surface area contributed by atoms with Crippen molar-refractivity contribution in [2.45, 2.75) is 19.8 Å². The summed E-state index contributed by atoms with van der Waals surface area (Å²) in [5.41, 5.74) is 0.839. The Bertz CT molecular complexity index is 723. The number of carbonyl (C=O) groups excluding carboxylic acids is 2. The minimum absolute atomic E-state index is 0.0332. The zero-order valence-corrected chi connectivity index (χ0v) is 14.3. The monoisotopic (exact) mass is 348 g/mol. The molecule has 1 fully saturated rings. The molecular formula is C17H20N2O4S. The minimum Gasteiger partial charge on any atom is -0.459 e. The van der Waals surface area contributed by atoms with Gasteiger partial charge >= 0.3 is 0 Å². The van der Waals surface area contributed by atoms with Crippen LogP contribution < -0.4 is 5.32 Å². The van der Waals surface area contributed by atoms with Gasteiger partial charge in [-0.3, -0.25) is 9.59 Å². The van der Waals surface area contributed by atoms with Gasteiger partial charge in [-0.1, -0.05) is 0 Å². The summed E-state index contributed by atoms with van der Waals surface area (Å²) in [5.74, 6) is 0.0181. The number of anilines is 1. The van der Waals surface area contributed by atoms with Gasteiger partial charge in [0.15, 0.2) is 5.76 Å².